The summed E-state index contributed by atoms with van der Waals surface area (Å²) in [5.74, 6) is -0.194. The molecule has 3 atom stereocenters. The Labute approximate surface area is 139 Å². The monoisotopic (exact) mass is 343 g/mol. The summed E-state index contributed by atoms with van der Waals surface area (Å²) in [6.45, 7) is 14.1. The Morgan fingerprint density at radius 2 is 1.74 bits per heavy atom. The smallest absolute Gasteiger partial charge is 0.435 e. The van der Waals surface area contributed by atoms with Crippen LogP contribution in [0.4, 0.5) is 4.79 Å². The van der Waals surface area contributed by atoms with E-state index in [1.54, 1.807) is 13.0 Å². The lowest BCUT2D eigenvalue weighted by Gasteiger charge is -2.40. The highest BCUT2D eigenvalue weighted by Crippen LogP contribution is 2.38. The first kappa shape index (κ1) is 19.7. The number of hydrogen-bond donors (Lipinski definition) is 1. The first-order chi connectivity index (χ1) is 10.5. The molecule has 0 aromatic rings. The van der Waals surface area contributed by atoms with Crippen LogP contribution in [-0.4, -0.2) is 45.2 Å². The van der Waals surface area contributed by atoms with Crippen molar-refractivity contribution >= 4 is 20.4 Å². The Morgan fingerprint density at radius 1 is 1.17 bits per heavy atom. The number of rotatable bonds is 5. The molecule has 1 aliphatic carbocycles. The average Bonchev–Trinajstić information content (AvgIpc) is 2.70. The van der Waals surface area contributed by atoms with E-state index in [4.69, 9.17) is 13.9 Å². The first-order valence-electron chi connectivity index (χ1n) is 7.94. The quantitative estimate of drug-likeness (QED) is 0.472. The highest BCUT2D eigenvalue weighted by atomic mass is 28.4. The summed E-state index contributed by atoms with van der Waals surface area (Å²) < 4.78 is 16.4. The van der Waals surface area contributed by atoms with Crippen LogP contribution in [0, 0.1) is 0 Å². The molecule has 0 heterocycles. The summed E-state index contributed by atoms with van der Waals surface area (Å²) in [4.78, 5) is 23.1. The van der Waals surface area contributed by atoms with Crippen molar-refractivity contribution in [3.63, 3.8) is 0 Å². The van der Waals surface area contributed by atoms with E-state index in [1.165, 1.54) is 6.92 Å². The molecule has 0 bridgehead atoms. The predicted molar refractivity (Wildman–Crippen MR) is 90.7 cm³/mol. The number of hydrogen-bond acceptors (Lipinski definition) is 5. The van der Waals surface area contributed by atoms with Crippen LogP contribution in [0.25, 0.3) is 0 Å². The van der Waals surface area contributed by atoms with Gasteiger partial charge in [0.25, 0.3) is 0 Å². The summed E-state index contributed by atoms with van der Waals surface area (Å²) in [5.41, 5.74) is 0. The minimum atomic E-state index is -2.02. The van der Waals surface area contributed by atoms with Gasteiger partial charge in [-0.2, -0.15) is 0 Å². The molecule has 132 valence electrons. The second-order valence-corrected chi connectivity index (χ2v) is 12.0. The maximum absolute atomic E-state index is 11.6. The third kappa shape index (κ3) is 5.35. The van der Waals surface area contributed by atoms with Crippen LogP contribution in [0.1, 0.15) is 34.6 Å². The lowest BCUT2D eigenvalue weighted by Crippen LogP contribution is -2.53. The fourth-order valence-corrected chi connectivity index (χ4v) is 3.31. The van der Waals surface area contributed by atoms with Gasteiger partial charge in [0.2, 0.25) is 5.91 Å². The standard InChI is InChI=1S/C16H29NO5Si/c1-8-20-15(19)21-12-9-10-13(14(12)17-11(2)18)22-23(6,7)16(3,4)5/h9-10,12-14H,8H2,1-7H3,(H,17,18)/t12-,13-,14+/m0/s1. The molecule has 0 aromatic carbocycles. The third-order valence-corrected chi connectivity index (χ3v) is 8.77. The van der Waals surface area contributed by atoms with E-state index in [9.17, 15) is 9.59 Å². The molecule has 1 aliphatic rings. The van der Waals surface area contributed by atoms with Crippen molar-refractivity contribution in [1.29, 1.82) is 0 Å². The molecule has 0 radical (unpaired) electrons. The van der Waals surface area contributed by atoms with Crippen molar-refractivity contribution in [3.05, 3.63) is 12.2 Å². The molecule has 0 fully saturated rings. The topological polar surface area (TPSA) is 73.9 Å². The molecule has 0 spiro atoms. The van der Waals surface area contributed by atoms with E-state index in [2.05, 4.69) is 39.2 Å². The molecular weight excluding hydrogens is 314 g/mol. The van der Waals surface area contributed by atoms with Crippen molar-refractivity contribution in [2.45, 2.75) is 71.0 Å². The highest BCUT2D eigenvalue weighted by Gasteiger charge is 2.44. The van der Waals surface area contributed by atoms with Gasteiger partial charge in [-0.15, -0.1) is 0 Å². The Bertz CT molecular complexity index is 470. The minimum absolute atomic E-state index is 0.0434. The molecule has 7 heteroatoms. The van der Waals surface area contributed by atoms with Gasteiger partial charge < -0.3 is 19.2 Å². The molecule has 1 N–H and O–H groups in total. The average molecular weight is 343 g/mol. The van der Waals surface area contributed by atoms with Gasteiger partial charge in [0.1, 0.15) is 6.10 Å². The molecule has 0 aliphatic heterocycles. The summed E-state index contributed by atoms with van der Waals surface area (Å²) >= 11 is 0. The molecule has 0 unspecified atom stereocenters. The lowest BCUT2D eigenvalue weighted by atomic mass is 10.1. The number of carbonyl (C=O) groups excluding carboxylic acids is 2. The van der Waals surface area contributed by atoms with Crippen molar-refractivity contribution in [2.24, 2.45) is 0 Å². The summed E-state index contributed by atoms with van der Waals surface area (Å²) in [5, 5.41) is 2.87. The Morgan fingerprint density at radius 3 is 2.22 bits per heavy atom. The minimum Gasteiger partial charge on any atom is -0.435 e. The fraction of sp³-hybridized carbons (Fsp3) is 0.750. The van der Waals surface area contributed by atoms with Gasteiger partial charge in [0.15, 0.2) is 8.32 Å². The zero-order valence-electron chi connectivity index (χ0n) is 15.1. The Balaban J connectivity index is 2.86. The zero-order valence-corrected chi connectivity index (χ0v) is 16.1. The molecular formula is C16H29NO5Si. The van der Waals surface area contributed by atoms with Crippen LogP contribution in [-0.2, 0) is 18.7 Å². The molecule has 0 aromatic heterocycles. The van der Waals surface area contributed by atoms with E-state index < -0.39 is 26.6 Å². The largest absolute Gasteiger partial charge is 0.508 e. The molecule has 6 nitrogen and oxygen atoms in total. The number of nitrogens with one attached hydrogen (secondary N) is 1. The van der Waals surface area contributed by atoms with Gasteiger partial charge >= 0.3 is 6.16 Å². The highest BCUT2D eigenvalue weighted by molar-refractivity contribution is 6.74. The molecule has 1 amide bonds. The van der Waals surface area contributed by atoms with Gasteiger partial charge in [0, 0.05) is 6.92 Å². The van der Waals surface area contributed by atoms with Gasteiger partial charge in [-0.3, -0.25) is 4.79 Å². The van der Waals surface area contributed by atoms with Gasteiger partial charge in [-0.25, -0.2) is 4.79 Å². The van der Waals surface area contributed by atoms with Gasteiger partial charge in [-0.05, 0) is 31.1 Å². The van der Waals surface area contributed by atoms with Crippen LogP contribution in [0.5, 0.6) is 0 Å². The van der Waals surface area contributed by atoms with Gasteiger partial charge in [-0.1, -0.05) is 26.8 Å². The first-order valence-corrected chi connectivity index (χ1v) is 10.9. The predicted octanol–water partition coefficient (Wildman–Crippen LogP) is 2.99. The zero-order chi connectivity index (χ0) is 17.8. The fourth-order valence-electron chi connectivity index (χ4n) is 2.05. The van der Waals surface area contributed by atoms with E-state index in [0.29, 0.717) is 0 Å². The lowest BCUT2D eigenvalue weighted by molar-refractivity contribution is -0.121. The third-order valence-electron chi connectivity index (χ3n) is 4.30. The van der Waals surface area contributed by atoms with E-state index in [1.807, 2.05) is 6.08 Å². The normalized spacial score (nSPS) is 24.4. The second-order valence-electron chi connectivity index (χ2n) is 7.22. The number of ether oxygens (including phenoxy) is 2. The number of carbonyl (C=O) groups is 2. The molecule has 23 heavy (non-hydrogen) atoms. The van der Waals surface area contributed by atoms with Crippen LogP contribution in [0.3, 0.4) is 0 Å². The summed E-state index contributed by atoms with van der Waals surface area (Å²) in [6.07, 6.45) is 1.94. The van der Waals surface area contributed by atoms with Crippen molar-refractivity contribution in [2.75, 3.05) is 6.61 Å². The van der Waals surface area contributed by atoms with E-state index in [-0.39, 0.29) is 23.7 Å². The van der Waals surface area contributed by atoms with Crippen LogP contribution >= 0.6 is 0 Å². The van der Waals surface area contributed by atoms with Gasteiger partial charge in [0.05, 0.1) is 18.8 Å². The second kappa shape index (κ2) is 7.48. The maximum Gasteiger partial charge on any atom is 0.508 e. The van der Waals surface area contributed by atoms with E-state index in [0.717, 1.165) is 0 Å². The summed E-state index contributed by atoms with van der Waals surface area (Å²) in [6, 6.07) is -0.439. The number of amides is 1. The van der Waals surface area contributed by atoms with Crippen molar-refractivity contribution in [3.8, 4) is 0 Å². The Kier molecular flexibility index (Phi) is 6.41. The van der Waals surface area contributed by atoms with Crippen LogP contribution < -0.4 is 5.32 Å². The van der Waals surface area contributed by atoms with Crippen LogP contribution in [0.15, 0.2) is 12.2 Å². The Hall–Kier alpha value is -1.34. The van der Waals surface area contributed by atoms with E-state index >= 15 is 0 Å². The molecule has 0 saturated carbocycles. The molecule has 1 rings (SSSR count). The van der Waals surface area contributed by atoms with Crippen molar-refractivity contribution < 1.29 is 23.5 Å². The molecule has 0 saturated heterocycles. The van der Waals surface area contributed by atoms with Crippen LogP contribution in [0.2, 0.25) is 18.1 Å². The summed E-state index contributed by atoms with van der Waals surface area (Å²) in [7, 11) is -2.02. The SMILES string of the molecule is CCOC(=O)O[C@H]1C=C[C@H](O[Si](C)(C)C(C)(C)C)[C@@H]1NC(C)=O. The van der Waals surface area contributed by atoms with Crippen molar-refractivity contribution in [1.82, 2.24) is 5.32 Å². The maximum atomic E-state index is 11.6.